The van der Waals surface area contributed by atoms with Gasteiger partial charge in [0.1, 0.15) is 0 Å². The first-order chi connectivity index (χ1) is 8.83. The van der Waals surface area contributed by atoms with Crippen molar-refractivity contribution in [3.8, 4) is 0 Å². The molecular weight excluding hydrogens is 244 g/mol. The molecule has 0 saturated heterocycles. The van der Waals surface area contributed by atoms with Crippen LogP contribution in [-0.2, 0) is 11.3 Å². The third-order valence-corrected chi connectivity index (χ3v) is 2.41. The van der Waals surface area contributed by atoms with Crippen LogP contribution in [0.1, 0.15) is 38.1 Å². The van der Waals surface area contributed by atoms with Gasteiger partial charge >= 0.3 is 0 Å². The van der Waals surface area contributed by atoms with E-state index in [9.17, 15) is 9.59 Å². The highest BCUT2D eigenvalue weighted by Gasteiger charge is 2.15. The normalized spacial score (nSPS) is 11.4. The molecule has 0 aromatic carbocycles. The summed E-state index contributed by atoms with van der Waals surface area (Å²) < 4.78 is 6.71. The molecule has 1 N–H and O–H groups in total. The molecular formula is C14H22N2O3. The van der Waals surface area contributed by atoms with Gasteiger partial charge in [0, 0.05) is 31.0 Å². The van der Waals surface area contributed by atoms with E-state index in [4.69, 9.17) is 4.74 Å². The Bertz CT molecular complexity index is 486. The van der Waals surface area contributed by atoms with E-state index in [-0.39, 0.29) is 17.0 Å². The Labute approximate surface area is 113 Å². The fourth-order valence-corrected chi connectivity index (χ4v) is 1.56. The van der Waals surface area contributed by atoms with E-state index < -0.39 is 0 Å². The maximum absolute atomic E-state index is 12.0. The van der Waals surface area contributed by atoms with Gasteiger partial charge in [-0.1, -0.05) is 0 Å². The molecule has 0 aliphatic rings. The fraction of sp³-hybridized carbons (Fsp3) is 0.571. The SMILES string of the molecule is CCOCCn1cc(C(=O)NC(C)(C)C)ccc1=O. The molecule has 0 atom stereocenters. The number of hydrogen-bond donors (Lipinski definition) is 1. The summed E-state index contributed by atoms with van der Waals surface area (Å²) >= 11 is 0. The van der Waals surface area contributed by atoms with E-state index in [2.05, 4.69) is 5.32 Å². The number of rotatable bonds is 5. The Balaban J connectivity index is 2.83. The Morgan fingerprint density at radius 1 is 1.37 bits per heavy atom. The van der Waals surface area contributed by atoms with Crippen LogP contribution in [0.5, 0.6) is 0 Å². The number of aromatic nitrogens is 1. The monoisotopic (exact) mass is 266 g/mol. The molecule has 0 aliphatic heterocycles. The summed E-state index contributed by atoms with van der Waals surface area (Å²) in [6.45, 7) is 9.15. The number of carbonyl (C=O) groups is 1. The third-order valence-electron chi connectivity index (χ3n) is 2.41. The van der Waals surface area contributed by atoms with Crippen LogP contribution >= 0.6 is 0 Å². The molecule has 0 bridgehead atoms. The van der Waals surface area contributed by atoms with Crippen LogP contribution in [0.25, 0.3) is 0 Å². The van der Waals surface area contributed by atoms with Crippen molar-refractivity contribution in [1.82, 2.24) is 9.88 Å². The summed E-state index contributed by atoms with van der Waals surface area (Å²) in [5.41, 5.74) is 0.0432. The molecule has 1 aromatic rings. The Morgan fingerprint density at radius 3 is 2.63 bits per heavy atom. The average Bonchev–Trinajstić information content (AvgIpc) is 2.29. The topological polar surface area (TPSA) is 60.3 Å². The van der Waals surface area contributed by atoms with Gasteiger partial charge in [-0.3, -0.25) is 9.59 Å². The predicted molar refractivity (Wildman–Crippen MR) is 74.4 cm³/mol. The first-order valence-electron chi connectivity index (χ1n) is 6.44. The minimum Gasteiger partial charge on any atom is -0.380 e. The second kappa shape index (κ2) is 6.52. The molecule has 1 heterocycles. The van der Waals surface area contributed by atoms with Crippen molar-refractivity contribution in [2.24, 2.45) is 0 Å². The van der Waals surface area contributed by atoms with E-state index >= 15 is 0 Å². The Morgan fingerprint density at radius 2 is 2.05 bits per heavy atom. The smallest absolute Gasteiger partial charge is 0.253 e. The lowest BCUT2D eigenvalue weighted by Gasteiger charge is -2.20. The van der Waals surface area contributed by atoms with Gasteiger partial charge in [0.2, 0.25) is 0 Å². The lowest BCUT2D eigenvalue weighted by Crippen LogP contribution is -2.41. The lowest BCUT2D eigenvalue weighted by molar-refractivity contribution is 0.0918. The summed E-state index contributed by atoms with van der Waals surface area (Å²) in [6, 6.07) is 2.95. The molecule has 5 heteroatoms. The highest BCUT2D eigenvalue weighted by molar-refractivity contribution is 5.94. The number of amides is 1. The zero-order valence-electron chi connectivity index (χ0n) is 12.0. The van der Waals surface area contributed by atoms with E-state index in [0.717, 1.165) is 0 Å². The van der Waals surface area contributed by atoms with Crippen molar-refractivity contribution in [2.45, 2.75) is 39.8 Å². The van der Waals surface area contributed by atoms with Gasteiger partial charge in [0.15, 0.2) is 0 Å². The number of nitrogens with zero attached hydrogens (tertiary/aromatic N) is 1. The molecule has 0 aliphatic carbocycles. The second-order valence-electron chi connectivity index (χ2n) is 5.35. The molecule has 0 fully saturated rings. The molecule has 1 rings (SSSR count). The molecule has 0 unspecified atom stereocenters. The summed E-state index contributed by atoms with van der Waals surface area (Å²) in [4.78, 5) is 23.6. The second-order valence-corrected chi connectivity index (χ2v) is 5.35. The number of hydrogen-bond acceptors (Lipinski definition) is 3. The lowest BCUT2D eigenvalue weighted by atomic mass is 10.1. The number of pyridine rings is 1. The number of carbonyl (C=O) groups excluding carboxylic acids is 1. The van der Waals surface area contributed by atoms with Crippen molar-refractivity contribution in [3.05, 3.63) is 34.2 Å². The zero-order valence-corrected chi connectivity index (χ0v) is 12.0. The van der Waals surface area contributed by atoms with Gasteiger partial charge in [-0.05, 0) is 33.8 Å². The average molecular weight is 266 g/mol. The third kappa shape index (κ3) is 5.26. The summed E-state index contributed by atoms with van der Waals surface area (Å²) in [5, 5.41) is 2.86. The molecule has 1 amide bonds. The van der Waals surface area contributed by atoms with Gasteiger partial charge in [0.25, 0.3) is 11.5 Å². The summed E-state index contributed by atoms with van der Waals surface area (Å²) in [5.74, 6) is -0.183. The van der Waals surface area contributed by atoms with Crippen molar-refractivity contribution < 1.29 is 9.53 Å². The first kappa shape index (κ1) is 15.4. The van der Waals surface area contributed by atoms with Crippen LogP contribution < -0.4 is 10.9 Å². The van der Waals surface area contributed by atoms with E-state index in [1.165, 1.54) is 10.6 Å². The molecule has 0 spiro atoms. The summed E-state index contributed by atoms with van der Waals surface area (Å²) in [6.07, 6.45) is 1.57. The van der Waals surface area contributed by atoms with Gasteiger partial charge in [-0.25, -0.2) is 0 Å². The predicted octanol–water partition coefficient (Wildman–Crippen LogP) is 1.41. The van der Waals surface area contributed by atoms with Gasteiger partial charge < -0.3 is 14.6 Å². The van der Waals surface area contributed by atoms with Crippen molar-refractivity contribution >= 4 is 5.91 Å². The highest BCUT2D eigenvalue weighted by Crippen LogP contribution is 2.03. The quantitative estimate of drug-likeness (QED) is 0.820. The van der Waals surface area contributed by atoms with Crippen molar-refractivity contribution in [2.75, 3.05) is 13.2 Å². The van der Waals surface area contributed by atoms with Crippen LogP contribution in [0.4, 0.5) is 0 Å². The van der Waals surface area contributed by atoms with Crippen LogP contribution in [-0.4, -0.2) is 29.2 Å². The minimum atomic E-state index is -0.302. The highest BCUT2D eigenvalue weighted by atomic mass is 16.5. The number of ether oxygens (including phenoxy) is 1. The number of nitrogens with one attached hydrogen (secondary N) is 1. The van der Waals surface area contributed by atoms with Crippen molar-refractivity contribution in [3.63, 3.8) is 0 Å². The van der Waals surface area contributed by atoms with E-state index in [0.29, 0.717) is 25.3 Å². The fourth-order valence-electron chi connectivity index (χ4n) is 1.56. The Kier molecular flexibility index (Phi) is 5.30. The Hall–Kier alpha value is -1.62. The standard InChI is InChI=1S/C14H22N2O3/c1-5-19-9-8-16-10-11(6-7-12(16)17)13(18)15-14(2,3)4/h6-7,10H,5,8-9H2,1-4H3,(H,15,18). The maximum atomic E-state index is 12.0. The zero-order chi connectivity index (χ0) is 14.5. The molecule has 106 valence electrons. The van der Waals surface area contributed by atoms with E-state index in [1.54, 1.807) is 12.3 Å². The van der Waals surface area contributed by atoms with Gasteiger partial charge in [-0.2, -0.15) is 0 Å². The molecule has 5 nitrogen and oxygen atoms in total. The molecule has 0 saturated carbocycles. The maximum Gasteiger partial charge on any atom is 0.253 e. The molecule has 0 radical (unpaired) electrons. The van der Waals surface area contributed by atoms with Gasteiger partial charge in [-0.15, -0.1) is 0 Å². The largest absolute Gasteiger partial charge is 0.380 e. The summed E-state index contributed by atoms with van der Waals surface area (Å²) in [7, 11) is 0. The first-order valence-corrected chi connectivity index (χ1v) is 6.44. The van der Waals surface area contributed by atoms with E-state index in [1.807, 2.05) is 27.7 Å². The molecule has 19 heavy (non-hydrogen) atoms. The van der Waals surface area contributed by atoms with Crippen LogP contribution in [0.2, 0.25) is 0 Å². The minimum absolute atomic E-state index is 0.132. The van der Waals surface area contributed by atoms with Crippen LogP contribution in [0.3, 0.4) is 0 Å². The molecule has 1 aromatic heterocycles. The van der Waals surface area contributed by atoms with Gasteiger partial charge in [0.05, 0.1) is 12.2 Å². The van der Waals surface area contributed by atoms with Crippen LogP contribution in [0, 0.1) is 0 Å². The van der Waals surface area contributed by atoms with Crippen molar-refractivity contribution in [1.29, 1.82) is 0 Å². The van der Waals surface area contributed by atoms with Crippen LogP contribution in [0.15, 0.2) is 23.1 Å².